The Bertz CT molecular complexity index is 714. The molecule has 1 aromatic carbocycles. The van der Waals surface area contributed by atoms with Gasteiger partial charge in [0.2, 0.25) is 0 Å². The van der Waals surface area contributed by atoms with Gasteiger partial charge in [0, 0.05) is 18.9 Å². The van der Waals surface area contributed by atoms with Crippen molar-refractivity contribution in [1.29, 1.82) is 0 Å². The van der Waals surface area contributed by atoms with Gasteiger partial charge in [0.25, 0.3) is 11.8 Å². The number of carbonyl (C=O) groups excluding carboxylic acids is 1. The molecule has 1 amide bonds. The fourth-order valence-corrected chi connectivity index (χ4v) is 3.16. The van der Waals surface area contributed by atoms with Crippen LogP contribution in [0.1, 0.15) is 57.8 Å². The number of alkyl halides is 2. The van der Waals surface area contributed by atoms with E-state index in [-0.39, 0.29) is 12.8 Å². The maximum atomic E-state index is 13.0. The van der Waals surface area contributed by atoms with Gasteiger partial charge < -0.3 is 19.4 Å². The van der Waals surface area contributed by atoms with E-state index in [0.717, 1.165) is 0 Å². The third-order valence-corrected chi connectivity index (χ3v) is 5.50. The van der Waals surface area contributed by atoms with Gasteiger partial charge in [-0.1, -0.05) is 6.07 Å². The van der Waals surface area contributed by atoms with Gasteiger partial charge in [-0.2, -0.15) is 0 Å². The lowest BCUT2D eigenvalue weighted by Gasteiger charge is -2.35. The summed E-state index contributed by atoms with van der Waals surface area (Å²) in [6, 6.07) is 4.61. The molecule has 1 saturated heterocycles. The van der Waals surface area contributed by atoms with Crippen molar-refractivity contribution in [3.63, 3.8) is 0 Å². The minimum absolute atomic E-state index is 0.291. The van der Waals surface area contributed by atoms with E-state index in [0.29, 0.717) is 23.4 Å². The van der Waals surface area contributed by atoms with Crippen LogP contribution in [0.25, 0.3) is 0 Å². The highest BCUT2D eigenvalue weighted by molar-refractivity contribution is 6.62. The molecule has 1 aliphatic carbocycles. The number of nitrogens with one attached hydrogen (secondary N) is 1. The summed E-state index contributed by atoms with van der Waals surface area (Å²) in [5.74, 6) is -2.72. The Kier molecular flexibility index (Phi) is 5.01. The number of benzene rings is 1. The predicted octanol–water partition coefficient (Wildman–Crippen LogP) is 2.91. The zero-order chi connectivity index (χ0) is 20.0. The lowest BCUT2D eigenvalue weighted by molar-refractivity contribution is -0.0901. The van der Waals surface area contributed by atoms with Gasteiger partial charge in [0.15, 0.2) is 0 Å². The maximum Gasteiger partial charge on any atom is 0.494 e. The summed E-state index contributed by atoms with van der Waals surface area (Å²) >= 11 is 0. The van der Waals surface area contributed by atoms with E-state index in [1.54, 1.807) is 18.2 Å². The van der Waals surface area contributed by atoms with E-state index in [1.807, 2.05) is 34.6 Å². The molecular formula is C19H26BF2NO4. The molecule has 1 N–H and O–H groups in total. The van der Waals surface area contributed by atoms with E-state index in [1.165, 1.54) is 0 Å². The Morgan fingerprint density at radius 3 is 2.33 bits per heavy atom. The summed E-state index contributed by atoms with van der Waals surface area (Å²) in [5.41, 5.74) is -0.0349. The highest BCUT2D eigenvalue weighted by atomic mass is 19.3. The monoisotopic (exact) mass is 381 g/mol. The van der Waals surface area contributed by atoms with Crippen molar-refractivity contribution in [1.82, 2.24) is 5.32 Å². The standard InChI is InChI=1S/C19H26BF2NO4/c1-6-25-15-8-7-12(20-26-17(2,3)18(4,5)27-20)9-14(15)16(24)23-13-10-19(21,22)11-13/h7-9,13H,6,10-11H2,1-5H3,(H,23,24). The smallest absolute Gasteiger partial charge is 0.493 e. The fraction of sp³-hybridized carbons (Fsp3) is 0.632. The first-order valence-corrected chi connectivity index (χ1v) is 9.25. The molecule has 3 rings (SSSR count). The Hall–Kier alpha value is -1.67. The number of ether oxygens (including phenoxy) is 1. The minimum Gasteiger partial charge on any atom is -0.493 e. The van der Waals surface area contributed by atoms with Crippen molar-refractivity contribution in [3.05, 3.63) is 23.8 Å². The van der Waals surface area contributed by atoms with Crippen LogP contribution in [0.2, 0.25) is 0 Å². The van der Waals surface area contributed by atoms with E-state index < -0.39 is 36.2 Å². The Balaban J connectivity index is 1.82. The zero-order valence-electron chi connectivity index (χ0n) is 16.4. The normalized spacial score (nSPS) is 23.0. The van der Waals surface area contributed by atoms with Gasteiger partial charge in [0.1, 0.15) is 5.75 Å². The topological polar surface area (TPSA) is 56.8 Å². The fourth-order valence-electron chi connectivity index (χ4n) is 3.16. The van der Waals surface area contributed by atoms with Crippen LogP contribution in [-0.2, 0) is 9.31 Å². The molecule has 8 heteroatoms. The molecule has 0 atom stereocenters. The lowest BCUT2D eigenvalue weighted by atomic mass is 9.78. The van der Waals surface area contributed by atoms with E-state index in [4.69, 9.17) is 14.0 Å². The van der Waals surface area contributed by atoms with Gasteiger partial charge >= 0.3 is 7.12 Å². The molecule has 27 heavy (non-hydrogen) atoms. The summed E-state index contributed by atoms with van der Waals surface area (Å²) in [5, 5.41) is 2.66. The van der Waals surface area contributed by atoms with Crippen LogP contribution >= 0.6 is 0 Å². The Morgan fingerprint density at radius 2 is 1.81 bits per heavy atom. The average molecular weight is 381 g/mol. The molecule has 148 valence electrons. The zero-order valence-corrected chi connectivity index (χ0v) is 16.4. The second kappa shape index (κ2) is 6.74. The largest absolute Gasteiger partial charge is 0.494 e. The predicted molar refractivity (Wildman–Crippen MR) is 98.8 cm³/mol. The van der Waals surface area contributed by atoms with Gasteiger partial charge in [-0.25, -0.2) is 8.78 Å². The highest BCUT2D eigenvalue weighted by Crippen LogP contribution is 2.38. The van der Waals surface area contributed by atoms with E-state index in [2.05, 4.69) is 5.32 Å². The highest BCUT2D eigenvalue weighted by Gasteiger charge is 2.52. The average Bonchev–Trinajstić information content (AvgIpc) is 2.74. The van der Waals surface area contributed by atoms with Crippen LogP contribution < -0.4 is 15.5 Å². The number of carbonyl (C=O) groups is 1. The van der Waals surface area contributed by atoms with Crippen LogP contribution in [0.15, 0.2) is 18.2 Å². The first-order valence-electron chi connectivity index (χ1n) is 9.25. The van der Waals surface area contributed by atoms with E-state index >= 15 is 0 Å². The number of rotatable bonds is 5. The molecule has 2 aliphatic rings. The van der Waals surface area contributed by atoms with Crippen molar-refractivity contribution in [2.24, 2.45) is 0 Å². The van der Waals surface area contributed by atoms with Crippen LogP contribution in [-0.4, -0.2) is 42.8 Å². The third-order valence-electron chi connectivity index (χ3n) is 5.50. The van der Waals surface area contributed by atoms with Crippen LogP contribution in [0.4, 0.5) is 8.78 Å². The number of amides is 1. The molecule has 0 radical (unpaired) electrons. The summed E-state index contributed by atoms with van der Waals surface area (Å²) < 4.78 is 43.7. The van der Waals surface area contributed by atoms with Crippen molar-refractivity contribution in [2.45, 2.75) is 70.6 Å². The van der Waals surface area contributed by atoms with Crippen molar-refractivity contribution < 1.29 is 27.6 Å². The maximum absolute atomic E-state index is 13.0. The quantitative estimate of drug-likeness (QED) is 0.797. The van der Waals surface area contributed by atoms with Crippen molar-refractivity contribution >= 4 is 18.5 Å². The van der Waals surface area contributed by atoms with Crippen LogP contribution in [0, 0.1) is 0 Å². The molecule has 0 bridgehead atoms. The molecule has 5 nitrogen and oxygen atoms in total. The molecule has 1 saturated carbocycles. The minimum atomic E-state index is -2.69. The summed E-state index contributed by atoms with van der Waals surface area (Å²) in [6.07, 6.45) is -0.667. The second-order valence-corrected chi connectivity index (χ2v) is 8.21. The summed E-state index contributed by atoms with van der Waals surface area (Å²) in [6.45, 7) is 10.0. The first-order chi connectivity index (χ1) is 12.4. The lowest BCUT2D eigenvalue weighted by Crippen LogP contribution is -2.50. The summed E-state index contributed by atoms with van der Waals surface area (Å²) in [7, 11) is -0.620. The molecular weight excluding hydrogens is 355 g/mol. The van der Waals surface area contributed by atoms with Crippen LogP contribution in [0.5, 0.6) is 5.75 Å². The Labute approximate surface area is 158 Å². The molecule has 0 unspecified atom stereocenters. The van der Waals surface area contributed by atoms with Crippen molar-refractivity contribution in [3.8, 4) is 5.75 Å². The van der Waals surface area contributed by atoms with Gasteiger partial charge in [-0.3, -0.25) is 4.79 Å². The van der Waals surface area contributed by atoms with Crippen molar-refractivity contribution in [2.75, 3.05) is 6.61 Å². The number of hydrogen-bond acceptors (Lipinski definition) is 4. The molecule has 1 heterocycles. The molecule has 1 aliphatic heterocycles. The first kappa shape index (κ1) is 20.1. The molecule has 0 aromatic heterocycles. The van der Waals surface area contributed by atoms with Crippen LogP contribution in [0.3, 0.4) is 0 Å². The third kappa shape index (κ3) is 3.96. The van der Waals surface area contributed by atoms with Gasteiger partial charge in [0.05, 0.1) is 23.4 Å². The molecule has 2 fully saturated rings. The molecule has 0 spiro atoms. The van der Waals surface area contributed by atoms with E-state index in [9.17, 15) is 13.6 Å². The van der Waals surface area contributed by atoms with Gasteiger partial charge in [-0.05, 0) is 52.2 Å². The second-order valence-electron chi connectivity index (χ2n) is 8.21. The number of halogens is 2. The molecule has 1 aromatic rings. The Morgan fingerprint density at radius 1 is 1.22 bits per heavy atom. The SMILES string of the molecule is CCOc1ccc(B2OC(C)(C)C(C)(C)O2)cc1C(=O)NC1CC(F)(F)C1. The van der Waals surface area contributed by atoms with Gasteiger partial charge in [-0.15, -0.1) is 0 Å². The summed E-state index contributed by atoms with van der Waals surface area (Å²) in [4.78, 5) is 12.7. The number of hydrogen-bond donors (Lipinski definition) is 1.